The number of anilines is 1. The molecule has 0 aliphatic rings. The SMILES string of the molecule is CCN(C)C(=O)c1nc(N)nc2ccc(-c3ccccc3S)cc12. The number of fused-ring (bicyclic) bond motifs is 1. The van der Waals surface area contributed by atoms with Gasteiger partial charge in [0.15, 0.2) is 0 Å². The molecule has 3 aromatic rings. The Bertz CT molecular complexity index is 926. The number of aromatic nitrogens is 2. The molecule has 5 nitrogen and oxygen atoms in total. The number of benzene rings is 2. The second-order valence-electron chi connectivity index (χ2n) is 5.50. The molecule has 1 heterocycles. The van der Waals surface area contributed by atoms with Crippen LogP contribution in [0.3, 0.4) is 0 Å². The van der Waals surface area contributed by atoms with Gasteiger partial charge in [-0.1, -0.05) is 24.3 Å². The fourth-order valence-electron chi connectivity index (χ4n) is 2.52. The molecule has 0 saturated heterocycles. The first-order valence-electron chi connectivity index (χ1n) is 7.62. The third-order valence-corrected chi connectivity index (χ3v) is 4.34. The van der Waals surface area contributed by atoms with Crippen molar-refractivity contribution in [2.75, 3.05) is 19.3 Å². The highest BCUT2D eigenvalue weighted by atomic mass is 32.1. The van der Waals surface area contributed by atoms with Gasteiger partial charge in [-0.2, -0.15) is 0 Å². The van der Waals surface area contributed by atoms with Crippen molar-refractivity contribution in [3.63, 3.8) is 0 Å². The molecule has 122 valence electrons. The average molecular weight is 338 g/mol. The Morgan fingerprint density at radius 3 is 2.67 bits per heavy atom. The Balaban J connectivity index is 2.23. The predicted molar refractivity (Wildman–Crippen MR) is 99.3 cm³/mol. The molecule has 0 radical (unpaired) electrons. The molecule has 0 saturated carbocycles. The predicted octanol–water partition coefficient (Wildman–Crippen LogP) is 3.26. The fraction of sp³-hybridized carbons (Fsp3) is 0.167. The van der Waals surface area contributed by atoms with Gasteiger partial charge in [0.05, 0.1) is 5.52 Å². The number of carbonyl (C=O) groups excluding carboxylic acids is 1. The molecule has 2 aromatic carbocycles. The van der Waals surface area contributed by atoms with Crippen LogP contribution in [0.15, 0.2) is 47.4 Å². The van der Waals surface area contributed by atoms with Crippen molar-refractivity contribution >= 4 is 35.4 Å². The number of hydrogen-bond donors (Lipinski definition) is 2. The number of rotatable bonds is 3. The zero-order chi connectivity index (χ0) is 17.3. The summed E-state index contributed by atoms with van der Waals surface area (Å²) in [5.74, 6) is -0.0781. The lowest BCUT2D eigenvalue weighted by Gasteiger charge is -2.16. The quantitative estimate of drug-likeness (QED) is 0.719. The summed E-state index contributed by atoms with van der Waals surface area (Å²) in [4.78, 5) is 23.5. The summed E-state index contributed by atoms with van der Waals surface area (Å²) in [5, 5.41) is 0.684. The molecule has 0 spiro atoms. The summed E-state index contributed by atoms with van der Waals surface area (Å²) in [6, 6.07) is 13.5. The third kappa shape index (κ3) is 2.92. The normalized spacial score (nSPS) is 10.8. The molecule has 0 bridgehead atoms. The maximum atomic E-state index is 12.6. The van der Waals surface area contributed by atoms with Gasteiger partial charge in [0.25, 0.3) is 5.91 Å². The van der Waals surface area contributed by atoms with Crippen LogP contribution in [-0.4, -0.2) is 34.4 Å². The molecular weight excluding hydrogens is 320 g/mol. The Hall–Kier alpha value is -2.60. The van der Waals surface area contributed by atoms with Crippen LogP contribution >= 0.6 is 12.6 Å². The molecule has 2 N–H and O–H groups in total. The van der Waals surface area contributed by atoms with E-state index in [2.05, 4.69) is 22.6 Å². The van der Waals surface area contributed by atoms with E-state index in [1.165, 1.54) is 0 Å². The highest BCUT2D eigenvalue weighted by molar-refractivity contribution is 7.80. The lowest BCUT2D eigenvalue weighted by Crippen LogP contribution is -2.27. The fourth-order valence-corrected chi connectivity index (χ4v) is 2.81. The Kier molecular flexibility index (Phi) is 4.40. The van der Waals surface area contributed by atoms with E-state index >= 15 is 0 Å². The van der Waals surface area contributed by atoms with E-state index in [1.807, 2.05) is 49.4 Å². The summed E-state index contributed by atoms with van der Waals surface area (Å²) >= 11 is 4.51. The van der Waals surface area contributed by atoms with E-state index in [9.17, 15) is 4.79 Å². The van der Waals surface area contributed by atoms with Gasteiger partial charge in [-0.05, 0) is 36.2 Å². The molecule has 0 atom stereocenters. The number of amides is 1. The maximum absolute atomic E-state index is 12.6. The van der Waals surface area contributed by atoms with Gasteiger partial charge in [0.1, 0.15) is 5.69 Å². The smallest absolute Gasteiger partial charge is 0.273 e. The zero-order valence-corrected chi connectivity index (χ0v) is 14.4. The van der Waals surface area contributed by atoms with E-state index in [4.69, 9.17) is 5.73 Å². The zero-order valence-electron chi connectivity index (χ0n) is 13.5. The first kappa shape index (κ1) is 16.3. The minimum absolute atomic E-state index is 0.0951. The van der Waals surface area contributed by atoms with Crippen molar-refractivity contribution in [3.05, 3.63) is 48.2 Å². The Morgan fingerprint density at radius 2 is 1.96 bits per heavy atom. The van der Waals surface area contributed by atoms with Crippen LogP contribution in [0, 0.1) is 0 Å². The molecule has 0 aliphatic heterocycles. The van der Waals surface area contributed by atoms with E-state index in [-0.39, 0.29) is 11.9 Å². The first-order valence-corrected chi connectivity index (χ1v) is 8.07. The summed E-state index contributed by atoms with van der Waals surface area (Å²) in [6.45, 7) is 2.50. The van der Waals surface area contributed by atoms with Crippen molar-refractivity contribution in [3.8, 4) is 11.1 Å². The largest absolute Gasteiger partial charge is 0.368 e. The highest BCUT2D eigenvalue weighted by Gasteiger charge is 2.18. The number of thiol groups is 1. The van der Waals surface area contributed by atoms with Crippen LogP contribution in [0.2, 0.25) is 0 Å². The average Bonchev–Trinajstić information content (AvgIpc) is 2.59. The van der Waals surface area contributed by atoms with Gasteiger partial charge in [-0.3, -0.25) is 4.79 Å². The van der Waals surface area contributed by atoms with Crippen LogP contribution in [0.1, 0.15) is 17.4 Å². The van der Waals surface area contributed by atoms with Gasteiger partial charge < -0.3 is 10.6 Å². The monoisotopic (exact) mass is 338 g/mol. The van der Waals surface area contributed by atoms with Crippen molar-refractivity contribution < 1.29 is 4.79 Å². The van der Waals surface area contributed by atoms with Crippen LogP contribution in [0.4, 0.5) is 5.95 Å². The van der Waals surface area contributed by atoms with Crippen LogP contribution in [0.25, 0.3) is 22.0 Å². The third-order valence-electron chi connectivity index (χ3n) is 3.95. The minimum Gasteiger partial charge on any atom is -0.368 e. The summed E-state index contributed by atoms with van der Waals surface area (Å²) in [5.41, 5.74) is 8.68. The van der Waals surface area contributed by atoms with E-state index in [0.717, 1.165) is 16.0 Å². The number of carbonyl (C=O) groups is 1. The number of nitrogens with zero attached hydrogens (tertiary/aromatic N) is 3. The molecule has 0 aliphatic carbocycles. The maximum Gasteiger partial charge on any atom is 0.273 e. The standard InChI is InChI=1S/C18H18N4OS/c1-3-22(2)17(23)16-13-10-11(12-6-4-5-7-15(12)24)8-9-14(13)20-18(19)21-16/h4-10,24H,3H2,1-2H3,(H2,19,20,21). The summed E-state index contributed by atoms with van der Waals surface area (Å²) < 4.78 is 0. The van der Waals surface area contributed by atoms with Gasteiger partial charge in [-0.15, -0.1) is 12.6 Å². The summed E-state index contributed by atoms with van der Waals surface area (Å²) in [7, 11) is 1.74. The molecule has 3 rings (SSSR count). The molecule has 24 heavy (non-hydrogen) atoms. The molecule has 0 unspecified atom stereocenters. The molecule has 1 aromatic heterocycles. The molecule has 6 heteroatoms. The Morgan fingerprint density at radius 1 is 1.21 bits per heavy atom. The summed E-state index contributed by atoms with van der Waals surface area (Å²) in [6.07, 6.45) is 0. The van der Waals surface area contributed by atoms with Crippen LogP contribution < -0.4 is 5.73 Å². The van der Waals surface area contributed by atoms with Gasteiger partial charge in [0.2, 0.25) is 5.95 Å². The lowest BCUT2D eigenvalue weighted by atomic mass is 10.0. The Labute approximate surface area is 145 Å². The van der Waals surface area contributed by atoms with Gasteiger partial charge >= 0.3 is 0 Å². The van der Waals surface area contributed by atoms with Crippen molar-refractivity contribution in [2.24, 2.45) is 0 Å². The van der Waals surface area contributed by atoms with Crippen molar-refractivity contribution in [1.82, 2.24) is 14.9 Å². The van der Waals surface area contributed by atoms with Gasteiger partial charge in [0, 0.05) is 23.9 Å². The van der Waals surface area contributed by atoms with E-state index < -0.39 is 0 Å². The number of nitrogens with two attached hydrogens (primary N) is 1. The lowest BCUT2D eigenvalue weighted by molar-refractivity contribution is 0.0799. The van der Waals surface area contributed by atoms with Crippen molar-refractivity contribution in [2.45, 2.75) is 11.8 Å². The van der Waals surface area contributed by atoms with E-state index in [0.29, 0.717) is 23.1 Å². The second-order valence-corrected chi connectivity index (χ2v) is 5.98. The number of hydrogen-bond acceptors (Lipinski definition) is 5. The molecule has 0 fully saturated rings. The molecule has 1 amide bonds. The van der Waals surface area contributed by atoms with Crippen molar-refractivity contribution in [1.29, 1.82) is 0 Å². The minimum atomic E-state index is -0.173. The first-order chi connectivity index (χ1) is 11.5. The van der Waals surface area contributed by atoms with Crippen LogP contribution in [0.5, 0.6) is 0 Å². The topological polar surface area (TPSA) is 72.1 Å². The van der Waals surface area contributed by atoms with E-state index in [1.54, 1.807) is 11.9 Å². The highest BCUT2D eigenvalue weighted by Crippen LogP contribution is 2.30. The number of nitrogen functional groups attached to an aromatic ring is 1. The molecular formula is C18H18N4OS. The second kappa shape index (κ2) is 6.49. The van der Waals surface area contributed by atoms with Crippen LogP contribution in [-0.2, 0) is 0 Å². The van der Waals surface area contributed by atoms with Gasteiger partial charge in [-0.25, -0.2) is 9.97 Å².